The van der Waals surface area contributed by atoms with Crippen LogP contribution < -0.4 is 5.32 Å². The molecule has 134 valence electrons. The molecule has 1 aromatic carbocycles. The van der Waals surface area contributed by atoms with Crippen LogP contribution in [0, 0.1) is 19.8 Å². The molecule has 1 aliphatic rings. The second-order valence-corrected chi connectivity index (χ2v) is 7.23. The molecule has 1 fully saturated rings. The fourth-order valence-corrected chi connectivity index (χ4v) is 3.61. The second kappa shape index (κ2) is 7.83. The van der Waals surface area contributed by atoms with Gasteiger partial charge in [-0.25, -0.2) is 4.98 Å². The number of rotatable bonds is 5. The number of aromatic nitrogens is 2. The van der Waals surface area contributed by atoms with Crippen molar-refractivity contribution in [2.75, 3.05) is 19.6 Å². The highest BCUT2D eigenvalue weighted by Gasteiger charge is 2.21. The molecular weight excluding hydrogens is 312 g/mol. The predicted molar refractivity (Wildman–Crippen MR) is 99.5 cm³/mol. The first-order chi connectivity index (χ1) is 12.0. The number of nitrogens with one attached hydrogen (secondary N) is 1. The molecule has 2 aromatic rings. The number of carbonyl (C=O) groups is 1. The van der Waals surface area contributed by atoms with Gasteiger partial charge in [0, 0.05) is 38.1 Å². The number of hydrogen-bond donors (Lipinski definition) is 1. The number of imidazole rings is 1. The van der Waals surface area contributed by atoms with E-state index in [0.717, 1.165) is 43.1 Å². The Bertz CT molecular complexity index is 737. The van der Waals surface area contributed by atoms with Crippen molar-refractivity contribution in [2.24, 2.45) is 13.0 Å². The van der Waals surface area contributed by atoms with E-state index < -0.39 is 0 Å². The van der Waals surface area contributed by atoms with Crippen LogP contribution in [0.25, 0.3) is 0 Å². The maximum absolute atomic E-state index is 12.5. The third-order valence-corrected chi connectivity index (χ3v) is 5.07. The molecule has 5 nitrogen and oxygen atoms in total. The van der Waals surface area contributed by atoms with Crippen LogP contribution in [0.1, 0.15) is 40.2 Å². The van der Waals surface area contributed by atoms with Gasteiger partial charge in [0.05, 0.1) is 6.54 Å². The van der Waals surface area contributed by atoms with Crippen molar-refractivity contribution < 1.29 is 4.79 Å². The summed E-state index contributed by atoms with van der Waals surface area (Å²) in [5.74, 6) is 1.64. The number of carbonyl (C=O) groups excluding carboxylic acids is 1. The first kappa shape index (κ1) is 17.7. The van der Waals surface area contributed by atoms with Crippen LogP contribution in [0.3, 0.4) is 0 Å². The number of nitrogens with zero attached hydrogens (tertiary/aromatic N) is 3. The van der Waals surface area contributed by atoms with Crippen molar-refractivity contribution in [3.63, 3.8) is 0 Å². The standard InChI is InChI=1S/C20H28N4O/c1-15-6-7-18(16(2)11-15)20(25)22-12-17-5-4-9-24(13-17)14-19-21-8-10-23(19)3/h6-8,10-11,17H,4-5,9,12-14H2,1-3H3,(H,22,25)/t17-/m0/s1. The lowest BCUT2D eigenvalue weighted by Gasteiger charge is -2.32. The molecule has 2 heterocycles. The zero-order valence-electron chi connectivity index (χ0n) is 15.5. The minimum absolute atomic E-state index is 0.0405. The Morgan fingerprint density at radius 2 is 2.20 bits per heavy atom. The number of likely N-dealkylation sites (tertiary alicyclic amines) is 1. The third-order valence-electron chi connectivity index (χ3n) is 5.07. The molecule has 1 aliphatic heterocycles. The Kier molecular flexibility index (Phi) is 5.53. The fourth-order valence-electron chi connectivity index (χ4n) is 3.61. The number of benzene rings is 1. The molecular formula is C20H28N4O. The smallest absolute Gasteiger partial charge is 0.251 e. The maximum atomic E-state index is 12.5. The van der Waals surface area contributed by atoms with Crippen LogP contribution in [-0.4, -0.2) is 40.0 Å². The second-order valence-electron chi connectivity index (χ2n) is 7.23. The lowest BCUT2D eigenvalue weighted by Crippen LogP contribution is -2.41. The largest absolute Gasteiger partial charge is 0.352 e. The van der Waals surface area contributed by atoms with Crippen LogP contribution >= 0.6 is 0 Å². The summed E-state index contributed by atoms with van der Waals surface area (Å²) in [6.45, 7) is 7.78. The average Bonchev–Trinajstić information content (AvgIpc) is 2.98. The molecule has 0 radical (unpaired) electrons. The molecule has 0 bridgehead atoms. The van der Waals surface area contributed by atoms with Crippen LogP contribution in [0.15, 0.2) is 30.6 Å². The van der Waals surface area contributed by atoms with Crippen molar-refractivity contribution in [2.45, 2.75) is 33.2 Å². The first-order valence-electron chi connectivity index (χ1n) is 9.07. The van der Waals surface area contributed by atoms with Gasteiger partial charge < -0.3 is 9.88 Å². The van der Waals surface area contributed by atoms with E-state index >= 15 is 0 Å². The van der Waals surface area contributed by atoms with Gasteiger partial charge in [0.25, 0.3) is 5.91 Å². The van der Waals surface area contributed by atoms with Crippen molar-refractivity contribution in [3.8, 4) is 0 Å². The van der Waals surface area contributed by atoms with Crippen molar-refractivity contribution >= 4 is 5.91 Å². The van der Waals surface area contributed by atoms with E-state index in [1.807, 2.05) is 45.4 Å². The molecule has 0 aliphatic carbocycles. The Balaban J connectivity index is 1.52. The zero-order valence-corrected chi connectivity index (χ0v) is 15.5. The molecule has 1 aromatic heterocycles. The van der Waals surface area contributed by atoms with E-state index in [9.17, 15) is 4.79 Å². The van der Waals surface area contributed by atoms with Gasteiger partial charge in [-0.1, -0.05) is 17.7 Å². The summed E-state index contributed by atoms with van der Waals surface area (Å²) >= 11 is 0. The zero-order chi connectivity index (χ0) is 17.8. The molecule has 1 saturated heterocycles. The third kappa shape index (κ3) is 4.48. The SMILES string of the molecule is Cc1ccc(C(=O)NC[C@@H]2CCCN(Cc3nccn3C)C2)c(C)c1. The summed E-state index contributed by atoms with van der Waals surface area (Å²) in [4.78, 5) is 19.3. The number of piperidine rings is 1. The van der Waals surface area contributed by atoms with Crippen LogP contribution in [0.5, 0.6) is 0 Å². The van der Waals surface area contributed by atoms with Crippen LogP contribution in [0.2, 0.25) is 0 Å². The van der Waals surface area contributed by atoms with Gasteiger partial charge in [0.1, 0.15) is 5.82 Å². The molecule has 1 atom stereocenters. The molecule has 0 saturated carbocycles. The van der Waals surface area contributed by atoms with Gasteiger partial charge in [-0.3, -0.25) is 9.69 Å². The van der Waals surface area contributed by atoms with E-state index in [1.54, 1.807) is 0 Å². The monoisotopic (exact) mass is 340 g/mol. The normalized spacial score (nSPS) is 18.3. The molecule has 0 unspecified atom stereocenters. The summed E-state index contributed by atoms with van der Waals surface area (Å²) in [6, 6.07) is 5.98. The molecule has 3 rings (SSSR count). The minimum Gasteiger partial charge on any atom is -0.352 e. The Morgan fingerprint density at radius 3 is 2.92 bits per heavy atom. The van der Waals surface area contributed by atoms with E-state index in [2.05, 4.69) is 25.8 Å². The van der Waals surface area contributed by atoms with Crippen LogP contribution in [0.4, 0.5) is 0 Å². The Hall–Kier alpha value is -2.14. The molecule has 0 spiro atoms. The fraction of sp³-hybridized carbons (Fsp3) is 0.500. The van der Waals surface area contributed by atoms with Crippen molar-refractivity contribution in [1.29, 1.82) is 0 Å². The molecule has 1 N–H and O–H groups in total. The maximum Gasteiger partial charge on any atom is 0.251 e. The summed E-state index contributed by atoms with van der Waals surface area (Å²) < 4.78 is 2.07. The highest BCUT2D eigenvalue weighted by Crippen LogP contribution is 2.18. The van der Waals surface area contributed by atoms with E-state index in [-0.39, 0.29) is 5.91 Å². The number of amides is 1. The summed E-state index contributed by atoms with van der Waals surface area (Å²) in [5.41, 5.74) is 3.01. The molecule has 5 heteroatoms. The number of hydrogen-bond acceptors (Lipinski definition) is 3. The minimum atomic E-state index is 0.0405. The lowest BCUT2D eigenvalue weighted by molar-refractivity contribution is 0.0929. The van der Waals surface area contributed by atoms with E-state index in [0.29, 0.717) is 5.92 Å². The van der Waals surface area contributed by atoms with E-state index in [4.69, 9.17) is 0 Å². The van der Waals surface area contributed by atoms with Gasteiger partial charge in [0.2, 0.25) is 0 Å². The Labute approximate surface area is 150 Å². The van der Waals surface area contributed by atoms with Crippen molar-refractivity contribution in [1.82, 2.24) is 19.8 Å². The van der Waals surface area contributed by atoms with E-state index in [1.165, 1.54) is 18.4 Å². The highest BCUT2D eigenvalue weighted by atomic mass is 16.1. The predicted octanol–water partition coefficient (Wildman–Crippen LogP) is 2.68. The lowest BCUT2D eigenvalue weighted by atomic mass is 9.97. The summed E-state index contributed by atoms with van der Waals surface area (Å²) in [7, 11) is 2.04. The molecule has 25 heavy (non-hydrogen) atoms. The van der Waals surface area contributed by atoms with Crippen molar-refractivity contribution in [3.05, 3.63) is 53.1 Å². The molecule has 1 amide bonds. The Morgan fingerprint density at radius 1 is 1.36 bits per heavy atom. The van der Waals surface area contributed by atoms with Gasteiger partial charge in [0.15, 0.2) is 0 Å². The highest BCUT2D eigenvalue weighted by molar-refractivity contribution is 5.95. The average molecular weight is 340 g/mol. The quantitative estimate of drug-likeness (QED) is 0.910. The van der Waals surface area contributed by atoms with Gasteiger partial charge in [-0.15, -0.1) is 0 Å². The first-order valence-corrected chi connectivity index (χ1v) is 9.07. The summed E-state index contributed by atoms with van der Waals surface area (Å²) in [6.07, 6.45) is 6.18. The topological polar surface area (TPSA) is 50.2 Å². The van der Waals surface area contributed by atoms with Gasteiger partial charge >= 0.3 is 0 Å². The van der Waals surface area contributed by atoms with Gasteiger partial charge in [-0.2, -0.15) is 0 Å². The van der Waals surface area contributed by atoms with Crippen LogP contribution in [-0.2, 0) is 13.6 Å². The summed E-state index contributed by atoms with van der Waals surface area (Å²) in [5, 5.41) is 3.13. The van der Waals surface area contributed by atoms with Gasteiger partial charge in [-0.05, 0) is 50.8 Å². The number of aryl methyl sites for hydroxylation is 3.